The SMILES string of the molecule is COCc1c(C(=O)Nc2nnc3ccccn23)sc2ccccc12. The summed E-state index contributed by atoms with van der Waals surface area (Å²) >= 11 is 1.45. The van der Waals surface area contributed by atoms with Crippen molar-refractivity contribution in [1.82, 2.24) is 14.6 Å². The van der Waals surface area contributed by atoms with E-state index in [0.29, 0.717) is 23.1 Å². The van der Waals surface area contributed by atoms with Gasteiger partial charge in [-0.2, -0.15) is 0 Å². The number of amides is 1. The molecular formula is C17H14N4O2S. The number of hydrogen-bond donors (Lipinski definition) is 1. The predicted molar refractivity (Wildman–Crippen MR) is 93.5 cm³/mol. The molecule has 3 aromatic heterocycles. The highest BCUT2D eigenvalue weighted by Crippen LogP contribution is 2.32. The van der Waals surface area contributed by atoms with E-state index in [0.717, 1.165) is 15.6 Å². The quantitative estimate of drug-likeness (QED) is 0.620. The first kappa shape index (κ1) is 14.8. The summed E-state index contributed by atoms with van der Waals surface area (Å²) in [7, 11) is 1.63. The van der Waals surface area contributed by atoms with Gasteiger partial charge in [0.1, 0.15) is 0 Å². The van der Waals surface area contributed by atoms with Crippen LogP contribution in [0.25, 0.3) is 15.7 Å². The molecular weight excluding hydrogens is 324 g/mol. The molecule has 3 heterocycles. The molecule has 4 rings (SSSR count). The number of fused-ring (bicyclic) bond motifs is 2. The van der Waals surface area contributed by atoms with Gasteiger partial charge in [-0.05, 0) is 23.6 Å². The van der Waals surface area contributed by atoms with Gasteiger partial charge in [0, 0.05) is 23.6 Å². The molecule has 0 saturated heterocycles. The first-order valence-electron chi connectivity index (χ1n) is 7.38. The number of ether oxygens (including phenoxy) is 1. The number of carbonyl (C=O) groups is 1. The molecule has 120 valence electrons. The summed E-state index contributed by atoms with van der Waals surface area (Å²) in [5.74, 6) is 0.192. The maximum absolute atomic E-state index is 12.8. The van der Waals surface area contributed by atoms with Crippen molar-refractivity contribution in [3.8, 4) is 0 Å². The number of nitrogens with one attached hydrogen (secondary N) is 1. The van der Waals surface area contributed by atoms with E-state index < -0.39 is 0 Å². The molecule has 1 aromatic carbocycles. The van der Waals surface area contributed by atoms with Gasteiger partial charge in [-0.15, -0.1) is 21.5 Å². The van der Waals surface area contributed by atoms with Crippen molar-refractivity contribution in [2.75, 3.05) is 12.4 Å². The Morgan fingerprint density at radius 2 is 2.04 bits per heavy atom. The van der Waals surface area contributed by atoms with Crippen molar-refractivity contribution < 1.29 is 9.53 Å². The summed E-state index contributed by atoms with van der Waals surface area (Å²) in [6.07, 6.45) is 1.81. The lowest BCUT2D eigenvalue weighted by Crippen LogP contribution is -2.14. The molecule has 0 saturated carbocycles. The van der Waals surface area contributed by atoms with Crippen LogP contribution in [0, 0.1) is 0 Å². The van der Waals surface area contributed by atoms with Crippen LogP contribution in [-0.4, -0.2) is 27.6 Å². The summed E-state index contributed by atoms with van der Waals surface area (Å²) in [6.45, 7) is 0.382. The molecule has 0 aliphatic rings. The van der Waals surface area contributed by atoms with Crippen LogP contribution in [0.1, 0.15) is 15.2 Å². The lowest BCUT2D eigenvalue weighted by atomic mass is 10.1. The van der Waals surface area contributed by atoms with Crippen LogP contribution < -0.4 is 5.32 Å². The summed E-state index contributed by atoms with van der Waals surface area (Å²) in [6, 6.07) is 13.5. The van der Waals surface area contributed by atoms with Crippen LogP contribution in [0.5, 0.6) is 0 Å². The number of hydrogen-bond acceptors (Lipinski definition) is 5. The van der Waals surface area contributed by atoms with Gasteiger partial charge in [-0.25, -0.2) is 0 Å². The van der Waals surface area contributed by atoms with Gasteiger partial charge >= 0.3 is 0 Å². The fourth-order valence-electron chi connectivity index (χ4n) is 2.65. The number of methoxy groups -OCH3 is 1. The second-order valence-electron chi connectivity index (χ2n) is 5.25. The Labute approximate surface area is 141 Å². The van der Waals surface area contributed by atoms with Crippen molar-refractivity contribution in [1.29, 1.82) is 0 Å². The van der Waals surface area contributed by atoms with Crippen LogP contribution >= 0.6 is 11.3 Å². The van der Waals surface area contributed by atoms with Gasteiger partial charge in [-0.3, -0.25) is 14.5 Å². The number of benzene rings is 1. The molecule has 0 fully saturated rings. The highest BCUT2D eigenvalue weighted by molar-refractivity contribution is 7.21. The molecule has 24 heavy (non-hydrogen) atoms. The highest BCUT2D eigenvalue weighted by atomic mass is 32.1. The Morgan fingerprint density at radius 3 is 2.92 bits per heavy atom. The standard InChI is InChI=1S/C17H14N4O2S/c1-23-10-12-11-6-2-3-7-13(11)24-15(12)16(22)18-17-20-19-14-8-4-5-9-21(14)17/h2-9H,10H2,1H3,(H,18,20,22). The van der Waals surface area contributed by atoms with E-state index in [2.05, 4.69) is 15.5 Å². The minimum absolute atomic E-state index is 0.207. The van der Waals surface area contributed by atoms with Crippen molar-refractivity contribution in [3.63, 3.8) is 0 Å². The number of rotatable bonds is 4. The lowest BCUT2D eigenvalue weighted by Gasteiger charge is -2.04. The minimum atomic E-state index is -0.207. The zero-order valence-corrected chi connectivity index (χ0v) is 13.7. The molecule has 0 atom stereocenters. The minimum Gasteiger partial charge on any atom is -0.380 e. The van der Waals surface area contributed by atoms with Gasteiger partial charge in [0.2, 0.25) is 5.95 Å². The second-order valence-corrected chi connectivity index (χ2v) is 6.30. The monoisotopic (exact) mass is 338 g/mol. The third-order valence-corrected chi connectivity index (χ3v) is 4.94. The van der Waals surface area contributed by atoms with E-state index in [1.165, 1.54) is 11.3 Å². The summed E-state index contributed by atoms with van der Waals surface area (Å²) in [5.41, 5.74) is 1.57. The molecule has 0 bridgehead atoms. The molecule has 0 unspecified atom stereocenters. The van der Waals surface area contributed by atoms with Gasteiger partial charge in [0.25, 0.3) is 5.91 Å². The molecule has 0 radical (unpaired) electrons. The Balaban J connectivity index is 1.74. The van der Waals surface area contributed by atoms with Gasteiger partial charge < -0.3 is 4.74 Å². The van der Waals surface area contributed by atoms with Crippen molar-refractivity contribution in [2.45, 2.75) is 6.61 Å². The Morgan fingerprint density at radius 1 is 1.21 bits per heavy atom. The number of thiophene rings is 1. The van der Waals surface area contributed by atoms with Gasteiger partial charge in [0.05, 0.1) is 11.5 Å². The first-order chi connectivity index (χ1) is 11.8. The highest BCUT2D eigenvalue weighted by Gasteiger charge is 2.19. The summed E-state index contributed by atoms with van der Waals surface area (Å²) in [4.78, 5) is 13.4. The smallest absolute Gasteiger partial charge is 0.268 e. The number of carbonyl (C=O) groups excluding carboxylic acids is 1. The maximum atomic E-state index is 12.8. The average Bonchev–Trinajstić information content (AvgIpc) is 3.18. The van der Waals surface area contributed by atoms with Crippen LogP contribution in [-0.2, 0) is 11.3 Å². The Kier molecular flexibility index (Phi) is 3.72. The van der Waals surface area contributed by atoms with Crippen molar-refractivity contribution in [3.05, 3.63) is 59.1 Å². The molecule has 6 nitrogen and oxygen atoms in total. The van der Waals surface area contributed by atoms with E-state index in [-0.39, 0.29) is 5.91 Å². The molecule has 1 amide bonds. The number of pyridine rings is 1. The largest absolute Gasteiger partial charge is 0.380 e. The van der Waals surface area contributed by atoms with E-state index in [9.17, 15) is 4.79 Å². The molecule has 1 N–H and O–H groups in total. The van der Waals surface area contributed by atoms with Crippen molar-refractivity contribution in [2.24, 2.45) is 0 Å². The van der Waals surface area contributed by atoms with Gasteiger partial charge in [-0.1, -0.05) is 24.3 Å². The summed E-state index contributed by atoms with van der Waals surface area (Å²) in [5, 5.41) is 12.0. The number of anilines is 1. The fourth-order valence-corrected chi connectivity index (χ4v) is 3.76. The molecule has 0 aliphatic heterocycles. The fraction of sp³-hybridized carbons (Fsp3) is 0.118. The number of nitrogens with zero attached hydrogens (tertiary/aromatic N) is 3. The van der Waals surface area contributed by atoms with Crippen LogP contribution in [0.4, 0.5) is 5.95 Å². The third-order valence-electron chi connectivity index (χ3n) is 3.73. The molecule has 0 spiro atoms. The lowest BCUT2D eigenvalue weighted by molar-refractivity contribution is 0.102. The van der Waals surface area contributed by atoms with E-state index in [1.807, 2.05) is 48.7 Å². The maximum Gasteiger partial charge on any atom is 0.268 e. The van der Waals surface area contributed by atoms with E-state index in [4.69, 9.17) is 4.74 Å². The molecule has 4 aromatic rings. The van der Waals surface area contributed by atoms with E-state index in [1.54, 1.807) is 11.5 Å². The van der Waals surface area contributed by atoms with Crippen molar-refractivity contribution >= 4 is 38.9 Å². The predicted octanol–water partition coefficient (Wildman–Crippen LogP) is 3.34. The zero-order valence-electron chi connectivity index (χ0n) is 12.9. The second kappa shape index (κ2) is 6.03. The molecule has 7 heteroatoms. The topological polar surface area (TPSA) is 68.5 Å². The number of aromatic nitrogens is 3. The van der Waals surface area contributed by atoms with Crippen LogP contribution in [0.2, 0.25) is 0 Å². The Hall–Kier alpha value is -2.77. The van der Waals surface area contributed by atoms with Crippen LogP contribution in [0.3, 0.4) is 0 Å². The molecule has 0 aliphatic carbocycles. The Bertz CT molecular complexity index is 1040. The average molecular weight is 338 g/mol. The normalized spacial score (nSPS) is 11.2. The summed E-state index contributed by atoms with van der Waals surface area (Å²) < 4.78 is 8.08. The zero-order chi connectivity index (χ0) is 16.5. The van der Waals surface area contributed by atoms with E-state index >= 15 is 0 Å². The van der Waals surface area contributed by atoms with Crippen LogP contribution in [0.15, 0.2) is 48.7 Å². The third kappa shape index (κ3) is 2.44. The van der Waals surface area contributed by atoms with Gasteiger partial charge in [0.15, 0.2) is 5.65 Å². The first-order valence-corrected chi connectivity index (χ1v) is 8.20.